The van der Waals surface area contributed by atoms with Gasteiger partial charge >= 0.3 is 29.6 Å². The molecule has 0 aromatic heterocycles. The van der Waals surface area contributed by atoms with Crippen LogP contribution in [0.25, 0.3) is 0 Å². The second-order valence-corrected chi connectivity index (χ2v) is 4.31. The Morgan fingerprint density at radius 1 is 1.00 bits per heavy atom. The predicted molar refractivity (Wildman–Crippen MR) is 59.5 cm³/mol. The van der Waals surface area contributed by atoms with Crippen LogP contribution in [-0.2, 0) is 5.41 Å². The van der Waals surface area contributed by atoms with Crippen LogP contribution in [0.3, 0.4) is 0 Å². The van der Waals surface area contributed by atoms with Crippen molar-refractivity contribution >= 4 is 42.2 Å². The zero-order valence-electron chi connectivity index (χ0n) is 7.26. The van der Waals surface area contributed by atoms with E-state index in [1.807, 2.05) is 12.1 Å². The first-order valence-electron chi connectivity index (χ1n) is 3.79. The molecule has 1 aromatic rings. The molecule has 12 heavy (non-hydrogen) atoms. The van der Waals surface area contributed by atoms with Crippen LogP contribution in [0.5, 0.6) is 0 Å². The fourth-order valence-corrected chi connectivity index (χ4v) is 1.11. The van der Waals surface area contributed by atoms with Crippen LogP contribution in [0, 0.1) is 0 Å². The van der Waals surface area contributed by atoms with Crippen LogP contribution in [0.2, 0.25) is 0 Å². The molecule has 0 heterocycles. The molecule has 0 aliphatic heterocycles. The van der Waals surface area contributed by atoms with Crippen molar-refractivity contribution in [2.75, 3.05) is 0 Å². The van der Waals surface area contributed by atoms with Crippen molar-refractivity contribution < 1.29 is 0 Å². The first-order chi connectivity index (χ1) is 5.00. The first kappa shape index (κ1) is 12.6. The Morgan fingerprint density at radius 3 is 1.75 bits per heavy atom. The third-order valence-corrected chi connectivity index (χ3v) is 2.03. The molecule has 1 aromatic carbocycles. The van der Waals surface area contributed by atoms with Gasteiger partial charge in [0.15, 0.2) is 0 Å². The molecule has 0 saturated carbocycles. The van der Waals surface area contributed by atoms with Gasteiger partial charge in [-0.15, -0.1) is 12.6 Å². The molecule has 0 fully saturated rings. The van der Waals surface area contributed by atoms with Gasteiger partial charge in [-0.25, -0.2) is 0 Å². The number of hydrogen-bond donors (Lipinski definition) is 1. The van der Waals surface area contributed by atoms with Gasteiger partial charge in [-0.1, -0.05) is 32.9 Å². The minimum atomic E-state index is 0. The summed E-state index contributed by atoms with van der Waals surface area (Å²) in [7, 11) is 0. The molecule has 0 saturated heterocycles. The summed E-state index contributed by atoms with van der Waals surface area (Å²) in [4.78, 5) is 1.03. The molecule has 1 rings (SSSR count). The standard InChI is InChI=1S/C10H14S.Na.H/c1-10(2,3)8-4-6-9(11)7-5-8;;/h4-7,11H,1-3H3;;. The van der Waals surface area contributed by atoms with Gasteiger partial charge in [0, 0.05) is 4.90 Å². The average Bonchev–Trinajstić information content (AvgIpc) is 1.86. The Balaban J connectivity index is 0.00000121. The van der Waals surface area contributed by atoms with Crippen molar-refractivity contribution in [3.05, 3.63) is 29.8 Å². The van der Waals surface area contributed by atoms with E-state index in [1.165, 1.54) is 5.56 Å². The molecule has 0 bridgehead atoms. The van der Waals surface area contributed by atoms with E-state index in [4.69, 9.17) is 0 Å². The Bertz CT molecular complexity index is 233. The van der Waals surface area contributed by atoms with Gasteiger partial charge in [0.05, 0.1) is 0 Å². The van der Waals surface area contributed by atoms with E-state index in [9.17, 15) is 0 Å². The molecule has 0 unspecified atom stereocenters. The quantitative estimate of drug-likeness (QED) is 0.472. The van der Waals surface area contributed by atoms with Crippen molar-refractivity contribution in [1.29, 1.82) is 0 Å². The van der Waals surface area contributed by atoms with Crippen LogP contribution < -0.4 is 0 Å². The van der Waals surface area contributed by atoms with Gasteiger partial charge in [-0.2, -0.15) is 0 Å². The summed E-state index contributed by atoms with van der Waals surface area (Å²) in [6.07, 6.45) is 0. The summed E-state index contributed by atoms with van der Waals surface area (Å²) < 4.78 is 0. The van der Waals surface area contributed by atoms with Crippen molar-refractivity contribution in [2.24, 2.45) is 0 Å². The monoisotopic (exact) mass is 190 g/mol. The number of benzene rings is 1. The Labute approximate surface area is 102 Å². The van der Waals surface area contributed by atoms with E-state index in [-0.39, 0.29) is 35.0 Å². The second-order valence-electron chi connectivity index (χ2n) is 3.80. The van der Waals surface area contributed by atoms with Crippen LogP contribution >= 0.6 is 12.6 Å². The van der Waals surface area contributed by atoms with Crippen molar-refractivity contribution in [3.63, 3.8) is 0 Å². The molecule has 0 N–H and O–H groups in total. The summed E-state index contributed by atoms with van der Waals surface area (Å²) in [6, 6.07) is 8.32. The van der Waals surface area contributed by atoms with Gasteiger partial charge in [-0.05, 0) is 23.1 Å². The van der Waals surface area contributed by atoms with Crippen LogP contribution in [0.4, 0.5) is 0 Å². The maximum atomic E-state index is 4.23. The van der Waals surface area contributed by atoms with Crippen molar-refractivity contribution in [2.45, 2.75) is 31.1 Å². The zero-order valence-corrected chi connectivity index (χ0v) is 8.15. The van der Waals surface area contributed by atoms with E-state index in [1.54, 1.807) is 0 Å². The fraction of sp³-hybridized carbons (Fsp3) is 0.400. The molecule has 62 valence electrons. The summed E-state index contributed by atoms with van der Waals surface area (Å²) in [5.41, 5.74) is 1.61. The third kappa shape index (κ3) is 3.53. The van der Waals surface area contributed by atoms with E-state index < -0.39 is 0 Å². The maximum absolute atomic E-state index is 4.23. The van der Waals surface area contributed by atoms with Crippen molar-refractivity contribution in [3.8, 4) is 0 Å². The first-order valence-corrected chi connectivity index (χ1v) is 4.24. The molecule has 0 nitrogen and oxygen atoms in total. The number of thiol groups is 1. The van der Waals surface area contributed by atoms with E-state index in [0.717, 1.165) is 4.90 Å². The SMILES string of the molecule is CC(C)(C)c1ccc(S)cc1.[NaH]. The third-order valence-electron chi connectivity index (χ3n) is 1.73. The van der Waals surface area contributed by atoms with E-state index >= 15 is 0 Å². The second kappa shape index (κ2) is 4.71. The molecule has 0 radical (unpaired) electrons. The Morgan fingerprint density at radius 2 is 1.42 bits per heavy atom. The van der Waals surface area contributed by atoms with Crippen LogP contribution in [-0.4, -0.2) is 29.6 Å². The van der Waals surface area contributed by atoms with Gasteiger partial charge in [0.25, 0.3) is 0 Å². The van der Waals surface area contributed by atoms with Gasteiger partial charge in [0.2, 0.25) is 0 Å². The van der Waals surface area contributed by atoms with E-state index in [0.29, 0.717) is 0 Å². The normalized spacial score (nSPS) is 10.7. The molecule has 0 atom stereocenters. The molecule has 0 amide bonds. The molecule has 0 aliphatic carbocycles. The summed E-state index contributed by atoms with van der Waals surface area (Å²) in [5, 5.41) is 0. The predicted octanol–water partition coefficient (Wildman–Crippen LogP) is 2.62. The summed E-state index contributed by atoms with van der Waals surface area (Å²) >= 11 is 4.23. The van der Waals surface area contributed by atoms with E-state index in [2.05, 4.69) is 45.5 Å². The van der Waals surface area contributed by atoms with Crippen LogP contribution in [0.1, 0.15) is 26.3 Å². The fourth-order valence-electron chi connectivity index (χ4n) is 0.961. The van der Waals surface area contributed by atoms with Gasteiger partial charge < -0.3 is 0 Å². The Kier molecular flexibility index (Phi) is 4.93. The molecular weight excluding hydrogens is 175 g/mol. The summed E-state index contributed by atoms with van der Waals surface area (Å²) in [5.74, 6) is 0. The van der Waals surface area contributed by atoms with Gasteiger partial charge in [0.1, 0.15) is 0 Å². The molecule has 0 aliphatic rings. The molecule has 2 heteroatoms. The van der Waals surface area contributed by atoms with Crippen molar-refractivity contribution in [1.82, 2.24) is 0 Å². The van der Waals surface area contributed by atoms with Crippen LogP contribution in [0.15, 0.2) is 29.2 Å². The number of hydrogen-bond acceptors (Lipinski definition) is 1. The summed E-state index contributed by atoms with van der Waals surface area (Å²) in [6.45, 7) is 6.63. The van der Waals surface area contributed by atoms with Gasteiger partial charge in [-0.3, -0.25) is 0 Å². The topological polar surface area (TPSA) is 0 Å². The number of rotatable bonds is 0. The molecular formula is C10H15NaS. The average molecular weight is 190 g/mol. The zero-order chi connectivity index (χ0) is 8.48. The molecule has 0 spiro atoms. The minimum absolute atomic E-state index is 0. The Hall–Kier alpha value is 0.570.